The summed E-state index contributed by atoms with van der Waals surface area (Å²) in [5.41, 5.74) is 7.75. The first-order valence-electron chi connectivity index (χ1n) is 2.06. The van der Waals surface area contributed by atoms with Gasteiger partial charge in [-0.1, -0.05) is 5.11 Å². The molecule has 4 heteroatoms. The first-order chi connectivity index (χ1) is 3.43. The van der Waals surface area contributed by atoms with Gasteiger partial charge in [-0.2, -0.15) is 0 Å². The molecular weight excluding hydrogens is 94.1 g/mol. The minimum Gasteiger partial charge on any atom is -0.373 e. The predicted octanol–water partition coefficient (Wildman–Crippen LogP) is 0.696. The number of rotatable bonds is 2. The molecule has 38 valence electrons. The predicted molar refractivity (Wildman–Crippen MR) is 23.8 cm³/mol. The second-order valence-corrected chi connectivity index (χ2v) is 1.37. The van der Waals surface area contributed by atoms with Crippen molar-refractivity contribution in [3.05, 3.63) is 10.4 Å². The van der Waals surface area contributed by atoms with E-state index in [4.69, 9.17) is 10.3 Å². The van der Waals surface area contributed by atoms with E-state index in [0.717, 1.165) is 6.61 Å². The van der Waals surface area contributed by atoms with Crippen molar-refractivity contribution in [2.45, 2.75) is 6.10 Å². The van der Waals surface area contributed by atoms with Gasteiger partial charge in [-0.15, -0.1) is 0 Å². The Morgan fingerprint density at radius 2 is 2.71 bits per heavy atom. The van der Waals surface area contributed by atoms with Crippen LogP contribution in [0.1, 0.15) is 0 Å². The second kappa shape index (κ2) is 1.82. The third kappa shape index (κ3) is 1.43. The molecule has 0 radical (unpaired) electrons. The molecule has 1 fully saturated rings. The minimum atomic E-state index is 0.232. The number of hydrogen-bond acceptors (Lipinski definition) is 2. The van der Waals surface area contributed by atoms with Crippen molar-refractivity contribution in [3.8, 4) is 0 Å². The average Bonchev–Trinajstić information content (AvgIpc) is 2.42. The van der Waals surface area contributed by atoms with E-state index in [2.05, 4.69) is 10.0 Å². The highest BCUT2D eigenvalue weighted by molar-refractivity contribution is 4.71. The molecule has 0 aromatic heterocycles. The molecule has 1 aliphatic rings. The maximum absolute atomic E-state index is 7.75. The van der Waals surface area contributed by atoms with E-state index in [1.54, 1.807) is 0 Å². The Hall–Kier alpha value is -0.730. The van der Waals surface area contributed by atoms with E-state index >= 15 is 0 Å². The molecule has 0 spiro atoms. The summed E-state index contributed by atoms with van der Waals surface area (Å²) in [6, 6.07) is 0. The quantitative estimate of drug-likeness (QED) is 0.217. The normalized spacial score (nSPS) is 26.0. The number of nitrogens with zero attached hydrogens (tertiary/aromatic N) is 3. The molecule has 1 rings (SSSR count). The van der Waals surface area contributed by atoms with Crippen LogP contribution in [0.3, 0.4) is 0 Å². The second-order valence-electron chi connectivity index (χ2n) is 1.37. The van der Waals surface area contributed by atoms with Gasteiger partial charge in [0.05, 0.1) is 19.3 Å². The van der Waals surface area contributed by atoms with Crippen molar-refractivity contribution in [1.82, 2.24) is 0 Å². The molecule has 0 aliphatic carbocycles. The van der Waals surface area contributed by atoms with Crippen LogP contribution in [0, 0.1) is 0 Å². The SMILES string of the molecule is [N-]=[N+]=NC[C@H]1CO1. The Balaban J connectivity index is 2.09. The van der Waals surface area contributed by atoms with Gasteiger partial charge in [0, 0.05) is 4.91 Å². The van der Waals surface area contributed by atoms with Crippen LogP contribution in [0.4, 0.5) is 0 Å². The molecule has 7 heavy (non-hydrogen) atoms. The topological polar surface area (TPSA) is 61.3 Å². The zero-order valence-electron chi connectivity index (χ0n) is 3.74. The third-order valence-electron chi connectivity index (χ3n) is 0.751. The fraction of sp³-hybridized carbons (Fsp3) is 1.00. The van der Waals surface area contributed by atoms with Gasteiger partial charge in [0.2, 0.25) is 0 Å². The zero-order valence-corrected chi connectivity index (χ0v) is 3.74. The van der Waals surface area contributed by atoms with E-state index in [-0.39, 0.29) is 6.10 Å². The Bertz CT molecular complexity index is 103. The van der Waals surface area contributed by atoms with Crippen molar-refractivity contribution >= 4 is 0 Å². The lowest BCUT2D eigenvalue weighted by Crippen LogP contribution is -1.86. The van der Waals surface area contributed by atoms with Crippen LogP contribution in [0.15, 0.2) is 5.11 Å². The minimum absolute atomic E-state index is 0.232. The standard InChI is InChI=1S/C3H5N3O/c4-6-5-1-3-2-7-3/h3H,1-2H2/t3-/m0/s1. The van der Waals surface area contributed by atoms with Gasteiger partial charge in [-0.3, -0.25) is 0 Å². The number of azide groups is 1. The molecule has 1 aliphatic heterocycles. The van der Waals surface area contributed by atoms with E-state index in [0.29, 0.717) is 6.54 Å². The highest BCUT2D eigenvalue weighted by Crippen LogP contribution is 2.07. The summed E-state index contributed by atoms with van der Waals surface area (Å²) in [6.07, 6.45) is 0.232. The lowest BCUT2D eigenvalue weighted by Gasteiger charge is -1.72. The molecule has 4 nitrogen and oxygen atoms in total. The third-order valence-corrected chi connectivity index (χ3v) is 0.751. The van der Waals surface area contributed by atoms with Crippen LogP contribution < -0.4 is 0 Å². The summed E-state index contributed by atoms with van der Waals surface area (Å²) in [6.45, 7) is 1.26. The lowest BCUT2D eigenvalue weighted by atomic mass is 10.5. The van der Waals surface area contributed by atoms with Crippen LogP contribution in [0.2, 0.25) is 0 Å². The molecule has 0 unspecified atom stereocenters. The molecule has 0 saturated carbocycles. The highest BCUT2D eigenvalue weighted by Gasteiger charge is 2.20. The molecule has 0 bridgehead atoms. The van der Waals surface area contributed by atoms with Crippen LogP contribution in [0.25, 0.3) is 10.4 Å². The van der Waals surface area contributed by atoms with Crippen LogP contribution in [-0.4, -0.2) is 19.3 Å². The van der Waals surface area contributed by atoms with Crippen LogP contribution in [-0.2, 0) is 4.74 Å². The van der Waals surface area contributed by atoms with Crippen molar-refractivity contribution in [1.29, 1.82) is 0 Å². The summed E-state index contributed by atoms with van der Waals surface area (Å²) in [4.78, 5) is 2.56. The fourth-order valence-electron chi connectivity index (χ4n) is 0.301. The molecule has 0 amide bonds. The monoisotopic (exact) mass is 99.0 g/mol. The van der Waals surface area contributed by atoms with Crippen molar-refractivity contribution < 1.29 is 4.74 Å². The maximum Gasteiger partial charge on any atom is 0.0866 e. The number of ether oxygens (including phenoxy) is 1. The van der Waals surface area contributed by atoms with Gasteiger partial charge in [-0.25, -0.2) is 0 Å². The van der Waals surface area contributed by atoms with Crippen LogP contribution in [0.5, 0.6) is 0 Å². The number of epoxide rings is 1. The Kier molecular flexibility index (Phi) is 1.15. The van der Waals surface area contributed by atoms with Crippen molar-refractivity contribution in [2.24, 2.45) is 5.11 Å². The fourth-order valence-corrected chi connectivity index (χ4v) is 0.301. The molecular formula is C3H5N3O. The largest absolute Gasteiger partial charge is 0.373 e. The van der Waals surface area contributed by atoms with E-state index < -0.39 is 0 Å². The molecule has 0 aromatic carbocycles. The average molecular weight is 99.1 g/mol. The molecule has 0 N–H and O–H groups in total. The smallest absolute Gasteiger partial charge is 0.0866 e. The molecule has 1 atom stereocenters. The summed E-state index contributed by atoms with van der Waals surface area (Å²) >= 11 is 0. The molecule has 1 heterocycles. The highest BCUT2D eigenvalue weighted by atomic mass is 16.6. The van der Waals surface area contributed by atoms with Gasteiger partial charge in [-0.05, 0) is 5.53 Å². The maximum atomic E-state index is 7.75. The Morgan fingerprint density at radius 1 is 2.00 bits per heavy atom. The zero-order chi connectivity index (χ0) is 5.11. The molecule has 0 aromatic rings. The van der Waals surface area contributed by atoms with Crippen molar-refractivity contribution in [3.63, 3.8) is 0 Å². The first kappa shape index (κ1) is 4.43. The Morgan fingerprint density at radius 3 is 3.14 bits per heavy atom. The summed E-state index contributed by atoms with van der Waals surface area (Å²) in [7, 11) is 0. The van der Waals surface area contributed by atoms with Crippen LogP contribution >= 0.6 is 0 Å². The van der Waals surface area contributed by atoms with Gasteiger partial charge >= 0.3 is 0 Å². The van der Waals surface area contributed by atoms with E-state index in [1.165, 1.54) is 0 Å². The summed E-state index contributed by atoms with van der Waals surface area (Å²) < 4.78 is 4.75. The van der Waals surface area contributed by atoms with Crippen molar-refractivity contribution in [2.75, 3.05) is 13.2 Å². The number of hydrogen-bond donors (Lipinski definition) is 0. The van der Waals surface area contributed by atoms with Gasteiger partial charge in [0.25, 0.3) is 0 Å². The van der Waals surface area contributed by atoms with E-state index in [9.17, 15) is 0 Å². The van der Waals surface area contributed by atoms with Gasteiger partial charge in [0.15, 0.2) is 0 Å². The Labute approximate surface area is 40.7 Å². The summed E-state index contributed by atoms with van der Waals surface area (Å²) in [5.74, 6) is 0. The van der Waals surface area contributed by atoms with Gasteiger partial charge < -0.3 is 4.74 Å². The molecule has 1 saturated heterocycles. The van der Waals surface area contributed by atoms with Gasteiger partial charge in [0.1, 0.15) is 0 Å². The lowest BCUT2D eigenvalue weighted by molar-refractivity contribution is 0.412. The summed E-state index contributed by atoms with van der Waals surface area (Å²) in [5, 5.41) is 3.29. The van der Waals surface area contributed by atoms with E-state index in [1.807, 2.05) is 0 Å². The first-order valence-corrected chi connectivity index (χ1v) is 2.06.